The maximum atomic E-state index is 13.9. The lowest BCUT2D eigenvalue weighted by molar-refractivity contribution is -0.0454. The first kappa shape index (κ1) is 28.8. The molecule has 1 aromatic heterocycles. The second-order valence-electron chi connectivity index (χ2n) is 11.2. The lowest BCUT2D eigenvalue weighted by Crippen LogP contribution is -2.47. The van der Waals surface area contributed by atoms with Crippen LogP contribution in [0.1, 0.15) is 56.7 Å². The molecule has 0 aliphatic carbocycles. The first-order valence-corrected chi connectivity index (χ1v) is 14.4. The summed E-state index contributed by atoms with van der Waals surface area (Å²) >= 11 is 6.44. The Bertz CT molecular complexity index is 1280. The topological polar surface area (TPSA) is 68.0 Å². The highest BCUT2D eigenvalue weighted by molar-refractivity contribution is 6.31. The van der Waals surface area contributed by atoms with Gasteiger partial charge in [-0.3, -0.25) is 9.58 Å². The molecule has 3 heterocycles. The Kier molecular flexibility index (Phi) is 8.95. The van der Waals surface area contributed by atoms with Crippen molar-refractivity contribution in [3.05, 3.63) is 64.9 Å². The van der Waals surface area contributed by atoms with Crippen LogP contribution >= 0.6 is 11.6 Å². The molecule has 3 aromatic rings. The van der Waals surface area contributed by atoms with Crippen molar-refractivity contribution in [2.75, 3.05) is 55.6 Å². The van der Waals surface area contributed by atoms with Crippen molar-refractivity contribution in [1.82, 2.24) is 14.7 Å². The third-order valence-electron chi connectivity index (χ3n) is 7.93. The van der Waals surface area contributed by atoms with Crippen molar-refractivity contribution in [1.29, 1.82) is 0 Å². The van der Waals surface area contributed by atoms with Gasteiger partial charge in [-0.1, -0.05) is 43.6 Å². The van der Waals surface area contributed by atoms with Crippen LogP contribution in [0, 0.1) is 5.92 Å². The number of nitrogens with zero attached hydrogens (tertiary/aromatic N) is 5. The zero-order valence-corrected chi connectivity index (χ0v) is 23.8. The molecule has 5 rings (SSSR count). The van der Waals surface area contributed by atoms with Crippen LogP contribution < -0.4 is 9.80 Å². The maximum absolute atomic E-state index is 13.9. The molecule has 2 N–H and O–H groups in total. The minimum atomic E-state index is -2.87. The van der Waals surface area contributed by atoms with E-state index >= 15 is 0 Å². The molecule has 0 bridgehead atoms. The highest BCUT2D eigenvalue weighted by Gasteiger charge is 2.31. The molecule has 2 aliphatic rings. The second kappa shape index (κ2) is 12.4. The van der Waals surface area contributed by atoms with E-state index in [0.717, 1.165) is 68.7 Å². The Labute approximate surface area is 239 Å². The molecule has 0 radical (unpaired) electrons. The van der Waals surface area contributed by atoms with E-state index in [0.29, 0.717) is 23.9 Å². The quantitative estimate of drug-likeness (QED) is 0.335. The number of anilines is 2. The van der Waals surface area contributed by atoms with Crippen molar-refractivity contribution in [2.24, 2.45) is 5.92 Å². The standard InChI is InChI=1S/C30H38ClF2N5O2/c1-20(2)18-35-12-14-36(15-13-35)23-8-5-21(6-9-23)25-10-7-22(31)16-27(25)37-11-3-4-24(19-37)38-28(29(32)33)26(17-34-38)30(39)40/h5-10,16-17,20,24,29-30,39-40H,3-4,11-15,18-19H2,1-2H3. The smallest absolute Gasteiger partial charge is 0.280 e. The van der Waals surface area contributed by atoms with E-state index in [1.807, 2.05) is 18.2 Å². The summed E-state index contributed by atoms with van der Waals surface area (Å²) in [7, 11) is 0. The van der Waals surface area contributed by atoms with Gasteiger partial charge in [-0.25, -0.2) is 8.78 Å². The first-order valence-electron chi connectivity index (χ1n) is 14.0. The number of alkyl halides is 2. The van der Waals surface area contributed by atoms with Gasteiger partial charge >= 0.3 is 0 Å². The predicted octanol–water partition coefficient (Wildman–Crippen LogP) is 5.74. The van der Waals surface area contributed by atoms with Gasteiger partial charge in [0, 0.05) is 67.8 Å². The molecule has 2 aliphatic heterocycles. The Morgan fingerprint density at radius 1 is 0.975 bits per heavy atom. The zero-order chi connectivity index (χ0) is 28.4. The Morgan fingerprint density at radius 3 is 2.35 bits per heavy atom. The number of hydrogen-bond acceptors (Lipinski definition) is 6. The summed E-state index contributed by atoms with van der Waals surface area (Å²) in [5.74, 6) is 0.673. The number of hydrogen-bond donors (Lipinski definition) is 2. The molecule has 1 unspecified atom stereocenters. The molecule has 2 aromatic carbocycles. The summed E-state index contributed by atoms with van der Waals surface area (Å²) < 4.78 is 29.1. The van der Waals surface area contributed by atoms with Gasteiger partial charge in [-0.05, 0) is 48.6 Å². The number of aliphatic hydroxyl groups excluding tert-OH is 1. The fraction of sp³-hybridized carbons (Fsp3) is 0.500. The van der Waals surface area contributed by atoms with Gasteiger partial charge in [0.1, 0.15) is 5.69 Å². The summed E-state index contributed by atoms with van der Waals surface area (Å²) in [6.07, 6.45) is -2.30. The van der Waals surface area contributed by atoms with Crippen LogP contribution in [0.3, 0.4) is 0 Å². The summed E-state index contributed by atoms with van der Waals surface area (Å²) in [6, 6.07) is 14.1. The maximum Gasteiger partial charge on any atom is 0.280 e. The molecular weight excluding hydrogens is 536 g/mol. The van der Waals surface area contributed by atoms with Crippen molar-refractivity contribution < 1.29 is 19.0 Å². The molecule has 0 amide bonds. The third-order valence-corrected chi connectivity index (χ3v) is 8.17. The fourth-order valence-electron chi connectivity index (χ4n) is 6.04. The SMILES string of the molecule is CC(C)CN1CCN(c2ccc(-c3ccc(Cl)cc3N3CCCC(n4ncc(C(O)O)c4C(F)F)C3)cc2)CC1. The van der Waals surface area contributed by atoms with Crippen LogP contribution in [0.15, 0.2) is 48.7 Å². The number of rotatable bonds is 8. The zero-order valence-electron chi connectivity index (χ0n) is 23.1. The summed E-state index contributed by atoms with van der Waals surface area (Å²) in [4.78, 5) is 7.13. The van der Waals surface area contributed by atoms with Crippen LogP contribution in [0.5, 0.6) is 0 Å². The molecule has 1 atom stereocenters. The highest BCUT2D eigenvalue weighted by atomic mass is 35.5. The number of benzene rings is 2. The van der Waals surface area contributed by atoms with Crippen molar-refractivity contribution in [3.8, 4) is 11.1 Å². The molecule has 2 saturated heterocycles. The van der Waals surface area contributed by atoms with Gasteiger partial charge < -0.3 is 20.0 Å². The molecular formula is C30H38ClF2N5O2. The average Bonchev–Trinajstić information content (AvgIpc) is 3.40. The minimum Gasteiger partial charge on any atom is -0.369 e. The lowest BCUT2D eigenvalue weighted by atomic mass is 9.99. The normalized spacial score (nSPS) is 18.9. The van der Waals surface area contributed by atoms with Crippen molar-refractivity contribution in [3.63, 3.8) is 0 Å². The van der Waals surface area contributed by atoms with Crippen LogP contribution in [0.4, 0.5) is 20.2 Å². The number of aromatic nitrogens is 2. The van der Waals surface area contributed by atoms with Gasteiger partial charge in [0.05, 0.1) is 17.8 Å². The molecule has 2 fully saturated rings. The van der Waals surface area contributed by atoms with Crippen LogP contribution in [0.25, 0.3) is 11.1 Å². The molecule has 216 valence electrons. The van der Waals surface area contributed by atoms with Crippen molar-refractivity contribution >= 4 is 23.0 Å². The van der Waals surface area contributed by atoms with Gasteiger partial charge in [-0.2, -0.15) is 5.10 Å². The minimum absolute atomic E-state index is 0.253. The van der Waals surface area contributed by atoms with E-state index < -0.39 is 18.4 Å². The molecule has 7 nitrogen and oxygen atoms in total. The number of piperidine rings is 1. The largest absolute Gasteiger partial charge is 0.369 e. The van der Waals surface area contributed by atoms with Gasteiger partial charge in [0.25, 0.3) is 6.43 Å². The summed E-state index contributed by atoms with van der Waals surface area (Å²) in [6.45, 7) is 11.0. The van der Waals surface area contributed by atoms with Crippen molar-refractivity contribution in [2.45, 2.75) is 45.4 Å². The Morgan fingerprint density at radius 2 is 1.70 bits per heavy atom. The van der Waals surface area contributed by atoms with E-state index in [2.05, 4.69) is 57.9 Å². The molecule has 0 spiro atoms. The summed E-state index contributed by atoms with van der Waals surface area (Å²) in [5, 5.41) is 23.9. The number of aliphatic hydroxyl groups is 2. The first-order chi connectivity index (χ1) is 19.2. The second-order valence-corrected chi connectivity index (χ2v) is 11.7. The number of piperazine rings is 1. The lowest BCUT2D eigenvalue weighted by Gasteiger charge is -2.37. The van der Waals surface area contributed by atoms with Gasteiger partial charge in [-0.15, -0.1) is 0 Å². The van der Waals surface area contributed by atoms with E-state index in [1.54, 1.807) is 0 Å². The fourth-order valence-corrected chi connectivity index (χ4v) is 6.21. The molecule has 10 heteroatoms. The molecule has 40 heavy (non-hydrogen) atoms. The van der Waals surface area contributed by atoms with E-state index in [4.69, 9.17) is 11.6 Å². The predicted molar refractivity (Wildman–Crippen MR) is 155 cm³/mol. The van der Waals surface area contributed by atoms with Crippen LogP contribution in [0.2, 0.25) is 5.02 Å². The number of halogens is 3. The van der Waals surface area contributed by atoms with Crippen LogP contribution in [-0.4, -0.2) is 70.7 Å². The Hall–Kier alpha value is -2.72. The average molecular weight is 574 g/mol. The van der Waals surface area contributed by atoms with Gasteiger partial charge in [0.15, 0.2) is 6.29 Å². The van der Waals surface area contributed by atoms with E-state index in [9.17, 15) is 19.0 Å². The molecule has 0 saturated carbocycles. The highest BCUT2D eigenvalue weighted by Crippen LogP contribution is 2.38. The van der Waals surface area contributed by atoms with E-state index in [1.165, 1.54) is 10.4 Å². The van der Waals surface area contributed by atoms with Gasteiger partial charge in [0.2, 0.25) is 0 Å². The van der Waals surface area contributed by atoms with E-state index in [-0.39, 0.29) is 11.6 Å². The summed E-state index contributed by atoms with van der Waals surface area (Å²) in [5.41, 5.74) is 3.56. The Balaban J connectivity index is 1.36. The third kappa shape index (κ3) is 6.28. The monoisotopic (exact) mass is 573 g/mol. The van der Waals surface area contributed by atoms with Crippen LogP contribution in [-0.2, 0) is 0 Å².